The van der Waals surface area contributed by atoms with E-state index in [9.17, 15) is 15.0 Å². The highest BCUT2D eigenvalue weighted by atomic mass is 79.9. The van der Waals surface area contributed by atoms with Crippen molar-refractivity contribution < 1.29 is 19.7 Å². The number of hydrogen-bond donors (Lipinski definition) is 4. The summed E-state index contributed by atoms with van der Waals surface area (Å²) in [6, 6.07) is 11.8. The molecule has 0 fully saturated rings. The molecule has 0 heterocycles. The third-order valence-corrected chi connectivity index (χ3v) is 3.90. The van der Waals surface area contributed by atoms with Gasteiger partial charge in [0.25, 0.3) is 5.91 Å². The van der Waals surface area contributed by atoms with Crippen molar-refractivity contribution in [3.63, 3.8) is 0 Å². The Bertz CT molecular complexity index is 691. The summed E-state index contributed by atoms with van der Waals surface area (Å²) in [4.78, 5) is 11.1. The van der Waals surface area contributed by atoms with Gasteiger partial charge >= 0.3 is 0 Å². The predicted molar refractivity (Wildman–Crippen MR) is 94.1 cm³/mol. The van der Waals surface area contributed by atoms with Crippen LogP contribution in [0.1, 0.15) is 22.0 Å². The molecular formula is C17H19BrN2O4. The largest absolute Gasteiger partial charge is 0.507 e. The van der Waals surface area contributed by atoms with Gasteiger partial charge in [-0.3, -0.25) is 4.79 Å². The van der Waals surface area contributed by atoms with E-state index >= 15 is 0 Å². The fourth-order valence-electron chi connectivity index (χ4n) is 2.08. The first kappa shape index (κ1) is 18.3. The molecule has 128 valence electrons. The van der Waals surface area contributed by atoms with Crippen molar-refractivity contribution in [1.29, 1.82) is 0 Å². The van der Waals surface area contributed by atoms with Gasteiger partial charge in [-0.1, -0.05) is 28.1 Å². The van der Waals surface area contributed by atoms with E-state index < -0.39 is 12.0 Å². The zero-order chi connectivity index (χ0) is 17.5. The summed E-state index contributed by atoms with van der Waals surface area (Å²) in [7, 11) is 0. The molecule has 0 saturated heterocycles. The zero-order valence-corrected chi connectivity index (χ0v) is 14.5. The van der Waals surface area contributed by atoms with Gasteiger partial charge in [-0.05, 0) is 35.9 Å². The van der Waals surface area contributed by atoms with Crippen LogP contribution in [0.25, 0.3) is 0 Å². The number of nitrogens with one attached hydrogen (secondary N) is 1. The van der Waals surface area contributed by atoms with Gasteiger partial charge in [0.1, 0.15) is 18.1 Å². The van der Waals surface area contributed by atoms with Crippen molar-refractivity contribution in [2.75, 3.05) is 19.7 Å². The molecule has 0 aromatic heterocycles. The average molecular weight is 395 g/mol. The van der Waals surface area contributed by atoms with Crippen molar-refractivity contribution in [1.82, 2.24) is 5.32 Å². The van der Waals surface area contributed by atoms with Crippen LogP contribution in [0.2, 0.25) is 0 Å². The van der Waals surface area contributed by atoms with E-state index in [1.54, 1.807) is 6.07 Å². The highest BCUT2D eigenvalue weighted by Crippen LogP contribution is 2.22. The average Bonchev–Trinajstić information content (AvgIpc) is 2.56. The number of carbonyl (C=O) groups is 1. The number of primary amides is 1. The molecule has 0 radical (unpaired) electrons. The Morgan fingerprint density at radius 2 is 1.96 bits per heavy atom. The maximum atomic E-state index is 11.1. The normalized spacial score (nSPS) is 11.9. The van der Waals surface area contributed by atoms with Gasteiger partial charge in [-0.25, -0.2) is 0 Å². The highest BCUT2D eigenvalue weighted by Gasteiger charge is 2.09. The number of aliphatic hydroxyl groups is 1. The molecule has 1 unspecified atom stereocenters. The Hall–Kier alpha value is -2.09. The lowest BCUT2D eigenvalue weighted by molar-refractivity contribution is 0.0997. The van der Waals surface area contributed by atoms with Crippen LogP contribution in [0.15, 0.2) is 46.9 Å². The third kappa shape index (κ3) is 5.23. The van der Waals surface area contributed by atoms with Crippen LogP contribution in [0, 0.1) is 0 Å². The van der Waals surface area contributed by atoms with Gasteiger partial charge in [0.05, 0.1) is 11.7 Å². The minimum absolute atomic E-state index is 0.0196. The Labute approximate surface area is 148 Å². The number of aliphatic hydroxyl groups excluding tert-OH is 1. The molecule has 5 N–H and O–H groups in total. The molecule has 0 saturated carbocycles. The van der Waals surface area contributed by atoms with Crippen molar-refractivity contribution >= 4 is 21.8 Å². The van der Waals surface area contributed by atoms with Crippen LogP contribution in [0.4, 0.5) is 0 Å². The van der Waals surface area contributed by atoms with E-state index in [1.807, 2.05) is 24.3 Å². The minimum Gasteiger partial charge on any atom is -0.507 e. The number of benzene rings is 2. The summed E-state index contributed by atoms with van der Waals surface area (Å²) >= 11 is 3.35. The lowest BCUT2D eigenvalue weighted by Crippen LogP contribution is -2.26. The second kappa shape index (κ2) is 8.68. The topological polar surface area (TPSA) is 105 Å². The first-order chi connectivity index (χ1) is 11.5. The van der Waals surface area contributed by atoms with Crippen molar-refractivity contribution in [2.24, 2.45) is 5.73 Å². The lowest BCUT2D eigenvalue weighted by atomic mass is 10.1. The number of hydrogen-bond acceptors (Lipinski definition) is 5. The SMILES string of the molecule is NC(=O)c1cc(OCCNCC(O)c2ccc(Br)cc2)ccc1O. The first-order valence-corrected chi connectivity index (χ1v) is 8.16. The van der Waals surface area contributed by atoms with E-state index in [4.69, 9.17) is 10.5 Å². The number of phenols is 1. The van der Waals surface area contributed by atoms with Gasteiger partial charge in [0.15, 0.2) is 0 Å². The summed E-state index contributed by atoms with van der Waals surface area (Å²) in [5, 5.41) is 22.6. The number of nitrogens with two attached hydrogens (primary N) is 1. The quantitative estimate of drug-likeness (QED) is 0.512. The summed E-state index contributed by atoms with van der Waals surface area (Å²) in [6.45, 7) is 1.25. The number of aromatic hydroxyl groups is 1. The number of ether oxygens (including phenoxy) is 1. The van der Waals surface area contributed by atoms with E-state index in [0.29, 0.717) is 25.4 Å². The molecule has 1 amide bonds. The molecule has 24 heavy (non-hydrogen) atoms. The van der Waals surface area contributed by atoms with Crippen LogP contribution in [0.5, 0.6) is 11.5 Å². The van der Waals surface area contributed by atoms with E-state index in [2.05, 4.69) is 21.2 Å². The zero-order valence-electron chi connectivity index (χ0n) is 12.9. The van der Waals surface area contributed by atoms with Gasteiger partial charge in [-0.15, -0.1) is 0 Å². The van der Waals surface area contributed by atoms with Crippen molar-refractivity contribution in [3.05, 3.63) is 58.1 Å². The van der Waals surface area contributed by atoms with Gasteiger partial charge in [0.2, 0.25) is 0 Å². The minimum atomic E-state index is -0.714. The summed E-state index contributed by atoms with van der Waals surface area (Å²) in [5.41, 5.74) is 6.01. The smallest absolute Gasteiger partial charge is 0.252 e. The maximum Gasteiger partial charge on any atom is 0.252 e. The van der Waals surface area contributed by atoms with E-state index in [1.165, 1.54) is 12.1 Å². The van der Waals surface area contributed by atoms with Gasteiger partial charge < -0.3 is 26.0 Å². The van der Waals surface area contributed by atoms with Gasteiger partial charge in [-0.2, -0.15) is 0 Å². The van der Waals surface area contributed by atoms with Crippen LogP contribution in [0.3, 0.4) is 0 Å². The molecular weight excluding hydrogens is 376 g/mol. The fraction of sp³-hybridized carbons (Fsp3) is 0.235. The second-order valence-electron chi connectivity index (χ2n) is 5.16. The molecule has 0 aliphatic rings. The molecule has 7 heteroatoms. The second-order valence-corrected chi connectivity index (χ2v) is 6.08. The standard InChI is InChI=1S/C17H19BrN2O4/c18-12-3-1-11(2-4-12)16(22)10-20-7-8-24-13-5-6-15(21)14(9-13)17(19)23/h1-6,9,16,20-22H,7-8,10H2,(H2,19,23). The van der Waals surface area contributed by atoms with E-state index in [-0.39, 0.29) is 11.3 Å². The summed E-state index contributed by atoms with van der Waals surface area (Å²) in [6.07, 6.45) is -0.603. The predicted octanol–water partition coefficient (Wildman–Crippen LogP) is 1.96. The number of carbonyl (C=O) groups excluding carboxylic acids is 1. The molecule has 0 spiro atoms. The molecule has 1 atom stereocenters. The summed E-state index contributed by atoms with van der Waals surface area (Å²) < 4.78 is 6.45. The molecule has 2 rings (SSSR count). The fourth-order valence-corrected chi connectivity index (χ4v) is 2.35. The molecule has 2 aromatic carbocycles. The maximum absolute atomic E-state index is 11.1. The van der Waals surface area contributed by atoms with Crippen molar-refractivity contribution in [2.45, 2.75) is 6.10 Å². The van der Waals surface area contributed by atoms with Crippen molar-refractivity contribution in [3.8, 4) is 11.5 Å². The number of amides is 1. The van der Waals surface area contributed by atoms with Gasteiger partial charge in [0, 0.05) is 17.6 Å². The van der Waals surface area contributed by atoms with Crippen LogP contribution in [-0.4, -0.2) is 35.8 Å². The Kier molecular flexibility index (Phi) is 6.60. The molecule has 0 bridgehead atoms. The number of halogens is 1. The Morgan fingerprint density at radius 1 is 1.25 bits per heavy atom. The number of rotatable bonds is 8. The monoisotopic (exact) mass is 394 g/mol. The Morgan fingerprint density at radius 3 is 2.62 bits per heavy atom. The first-order valence-electron chi connectivity index (χ1n) is 7.37. The molecule has 0 aliphatic heterocycles. The summed E-state index contributed by atoms with van der Waals surface area (Å²) in [5.74, 6) is -0.448. The molecule has 6 nitrogen and oxygen atoms in total. The van der Waals surface area contributed by atoms with E-state index in [0.717, 1.165) is 10.0 Å². The molecule has 0 aliphatic carbocycles. The molecule has 2 aromatic rings. The van der Waals surface area contributed by atoms with Crippen LogP contribution in [-0.2, 0) is 0 Å². The van der Waals surface area contributed by atoms with Crippen LogP contribution < -0.4 is 15.8 Å². The van der Waals surface area contributed by atoms with Crippen LogP contribution >= 0.6 is 15.9 Å². The Balaban J connectivity index is 1.74. The highest BCUT2D eigenvalue weighted by molar-refractivity contribution is 9.10. The third-order valence-electron chi connectivity index (χ3n) is 3.37. The lowest BCUT2D eigenvalue weighted by Gasteiger charge is -2.13.